The number of nitrogens with zero attached hydrogens (tertiary/aromatic N) is 4. The minimum absolute atomic E-state index is 0.000585. The highest BCUT2D eigenvalue weighted by atomic mass is 31.1. The number of nitrogen functional groups attached to an aromatic ring is 1. The Morgan fingerprint density at radius 1 is 1.55 bits per heavy atom. The largest absolute Gasteiger partial charge is 0.614 e. The summed E-state index contributed by atoms with van der Waals surface area (Å²) in [5.74, 6) is 1.71. The third kappa shape index (κ3) is 4.40. The van der Waals surface area contributed by atoms with Gasteiger partial charge in [-0.15, -0.1) is 10.9 Å². The highest BCUT2D eigenvalue weighted by Gasteiger charge is 2.58. The number of fused-ring (bicyclic) bond motifs is 1. The Hall–Kier alpha value is -2.75. The van der Waals surface area contributed by atoms with Crippen LogP contribution in [0.4, 0.5) is 10.2 Å². The summed E-state index contributed by atoms with van der Waals surface area (Å²) in [5.41, 5.74) is 3.20. The number of anilines is 1. The molecule has 4 atom stereocenters. The predicted octanol–water partition coefficient (Wildman–Crippen LogP) is 0.947. The van der Waals surface area contributed by atoms with Gasteiger partial charge in [0.25, 0.3) is 0 Å². The van der Waals surface area contributed by atoms with Gasteiger partial charge in [-0.25, -0.2) is 9.78 Å². The molecule has 2 fully saturated rings. The van der Waals surface area contributed by atoms with E-state index in [1.807, 2.05) is 0 Å². The number of nitrogens with two attached hydrogens (primary N) is 1. The van der Waals surface area contributed by atoms with Crippen LogP contribution >= 0.6 is 8.18 Å². The highest BCUT2D eigenvalue weighted by molar-refractivity contribution is 7.36. The van der Waals surface area contributed by atoms with Crippen LogP contribution in [0.2, 0.25) is 0 Å². The van der Waals surface area contributed by atoms with Crippen molar-refractivity contribution >= 4 is 31.1 Å². The number of hydrogen-bond acceptors (Lipinski definition) is 10. The number of carbonyl (C=O) groups excluding carboxylic acids is 1. The van der Waals surface area contributed by atoms with Gasteiger partial charge < -0.3 is 20.3 Å². The molecule has 12 nitrogen and oxygen atoms in total. The van der Waals surface area contributed by atoms with Crippen molar-refractivity contribution in [2.45, 2.75) is 62.7 Å². The standard InChI is InChI=1S/C19H23FN6O6P/c1-4-19(8-30-33(29)25-18(5-6-18)16(28)31-10(2)3)11(27)7-12(32-19)26-9-22-13-14(21)23-17(20)24-15(13)26/h1,9-12,27H,5-8H2,2-3H3,(H,25,29)(H2,21,23,24)/q+1/t11-,12+,19+/m0/s1. The molecular formula is C19H23FN6O6P+. The quantitative estimate of drug-likeness (QED) is 0.213. The third-order valence-corrected chi connectivity index (χ3v) is 6.44. The zero-order chi connectivity index (χ0) is 24.0. The molecule has 0 spiro atoms. The number of halogens is 1. The molecular weight excluding hydrogens is 458 g/mol. The maximum absolute atomic E-state index is 13.7. The van der Waals surface area contributed by atoms with Crippen LogP contribution in [0.5, 0.6) is 0 Å². The molecule has 1 unspecified atom stereocenters. The van der Waals surface area contributed by atoms with E-state index in [1.54, 1.807) is 13.8 Å². The molecule has 2 aliphatic rings. The predicted molar refractivity (Wildman–Crippen MR) is 112 cm³/mol. The molecule has 14 heteroatoms. The number of hydrogen-bond donors (Lipinski definition) is 3. The first kappa shape index (κ1) is 23.4. The van der Waals surface area contributed by atoms with E-state index >= 15 is 0 Å². The van der Waals surface area contributed by atoms with Gasteiger partial charge in [-0.1, -0.05) is 11.0 Å². The Balaban J connectivity index is 1.44. The van der Waals surface area contributed by atoms with E-state index < -0.39 is 50.3 Å². The normalized spacial score (nSPS) is 26.4. The number of rotatable bonds is 8. The summed E-state index contributed by atoms with van der Waals surface area (Å²) in [5, 5.41) is 13.3. The smallest absolute Gasteiger partial charge is 0.461 e. The van der Waals surface area contributed by atoms with E-state index in [4.69, 9.17) is 26.2 Å². The summed E-state index contributed by atoms with van der Waals surface area (Å²) in [6, 6.07) is 0. The summed E-state index contributed by atoms with van der Waals surface area (Å²) in [4.78, 5) is 23.4. The number of nitrogens with one attached hydrogen (secondary N) is 1. The lowest BCUT2D eigenvalue weighted by Crippen LogP contribution is -2.43. The van der Waals surface area contributed by atoms with E-state index in [1.165, 1.54) is 10.9 Å². The van der Waals surface area contributed by atoms with Crippen molar-refractivity contribution in [3.05, 3.63) is 12.4 Å². The molecule has 4 rings (SSSR count). The SMILES string of the molecule is C#C[C@]1(CO[P+](=O)NC2(C(=O)OC(C)C)CC2)O[C@@H](n2cnc3c(N)nc(F)nc32)C[C@@H]1O. The van der Waals surface area contributed by atoms with Gasteiger partial charge in [-0.3, -0.25) is 4.57 Å². The fraction of sp³-hybridized carbons (Fsp3) is 0.579. The Bertz CT molecular complexity index is 1150. The highest BCUT2D eigenvalue weighted by Crippen LogP contribution is 2.43. The molecule has 4 N–H and O–H groups in total. The van der Waals surface area contributed by atoms with E-state index in [2.05, 4.69) is 26.0 Å². The number of aliphatic hydroxyl groups is 1. The lowest BCUT2D eigenvalue weighted by Gasteiger charge is -2.23. The summed E-state index contributed by atoms with van der Waals surface area (Å²) < 4.78 is 43.9. The van der Waals surface area contributed by atoms with Crippen molar-refractivity contribution in [3.63, 3.8) is 0 Å². The molecule has 2 aromatic heterocycles. The first-order valence-corrected chi connectivity index (χ1v) is 11.4. The Kier molecular flexibility index (Phi) is 6.07. The van der Waals surface area contributed by atoms with Crippen molar-refractivity contribution in [1.82, 2.24) is 24.6 Å². The minimum atomic E-state index is -2.53. The van der Waals surface area contributed by atoms with Crippen LogP contribution in [-0.4, -0.2) is 60.5 Å². The lowest BCUT2D eigenvalue weighted by atomic mass is 9.99. The van der Waals surface area contributed by atoms with Crippen LogP contribution in [-0.2, 0) is 23.4 Å². The molecule has 0 amide bonds. The van der Waals surface area contributed by atoms with Gasteiger partial charge in [0, 0.05) is 6.42 Å². The van der Waals surface area contributed by atoms with Crippen molar-refractivity contribution in [3.8, 4) is 12.3 Å². The molecule has 176 valence electrons. The molecule has 0 bridgehead atoms. The van der Waals surface area contributed by atoms with Crippen molar-refractivity contribution in [2.75, 3.05) is 12.3 Å². The van der Waals surface area contributed by atoms with Gasteiger partial charge in [-0.05, 0) is 31.3 Å². The minimum Gasteiger partial charge on any atom is -0.461 e. The number of ether oxygens (including phenoxy) is 2. The van der Waals surface area contributed by atoms with Crippen molar-refractivity contribution in [2.24, 2.45) is 0 Å². The van der Waals surface area contributed by atoms with Gasteiger partial charge in [-0.2, -0.15) is 14.4 Å². The van der Waals surface area contributed by atoms with Crippen LogP contribution in [0.1, 0.15) is 39.3 Å². The zero-order valence-electron chi connectivity index (χ0n) is 17.9. The number of imidazole rings is 1. The first-order valence-electron chi connectivity index (χ1n) is 10.2. The fourth-order valence-corrected chi connectivity index (χ4v) is 4.56. The average Bonchev–Trinajstić information content (AvgIpc) is 3.27. The molecule has 1 aliphatic heterocycles. The topological polar surface area (TPSA) is 164 Å². The van der Waals surface area contributed by atoms with E-state index in [0.29, 0.717) is 12.8 Å². The van der Waals surface area contributed by atoms with E-state index in [9.17, 15) is 18.9 Å². The number of aromatic nitrogens is 4. The summed E-state index contributed by atoms with van der Waals surface area (Å²) in [7, 11) is -2.53. The monoisotopic (exact) mass is 481 g/mol. The van der Waals surface area contributed by atoms with E-state index in [-0.39, 0.29) is 29.5 Å². The summed E-state index contributed by atoms with van der Waals surface area (Å²) in [6.07, 6.45) is 4.42. The molecule has 33 heavy (non-hydrogen) atoms. The number of aliphatic hydroxyl groups excluding tert-OH is 1. The molecule has 0 aromatic carbocycles. The van der Waals surface area contributed by atoms with Crippen molar-refractivity contribution in [1.29, 1.82) is 0 Å². The Morgan fingerprint density at radius 3 is 2.91 bits per heavy atom. The first-order chi connectivity index (χ1) is 15.6. The second-order valence-electron chi connectivity index (χ2n) is 8.24. The Labute approximate surface area is 188 Å². The van der Waals surface area contributed by atoms with Crippen LogP contribution in [0, 0.1) is 18.4 Å². The van der Waals surface area contributed by atoms with Gasteiger partial charge in [0.05, 0.1) is 12.4 Å². The van der Waals surface area contributed by atoms with E-state index in [0.717, 1.165) is 0 Å². The number of terminal acetylenes is 1. The molecule has 1 aliphatic carbocycles. The lowest BCUT2D eigenvalue weighted by molar-refractivity contribution is -0.150. The number of esters is 1. The molecule has 3 heterocycles. The molecule has 1 saturated carbocycles. The van der Waals surface area contributed by atoms with Crippen LogP contribution in [0.3, 0.4) is 0 Å². The zero-order valence-corrected chi connectivity index (χ0v) is 18.8. The van der Waals surface area contributed by atoms with Gasteiger partial charge >= 0.3 is 20.2 Å². The van der Waals surface area contributed by atoms with Gasteiger partial charge in [0.2, 0.25) is 0 Å². The van der Waals surface area contributed by atoms with Crippen LogP contribution in [0.25, 0.3) is 11.2 Å². The maximum atomic E-state index is 13.7. The summed E-state index contributed by atoms with van der Waals surface area (Å²) >= 11 is 0. The number of carbonyl (C=O) groups is 1. The maximum Gasteiger partial charge on any atom is 0.614 e. The molecule has 1 saturated heterocycles. The average molecular weight is 481 g/mol. The third-order valence-electron chi connectivity index (χ3n) is 5.47. The van der Waals surface area contributed by atoms with Crippen LogP contribution in [0.15, 0.2) is 6.33 Å². The summed E-state index contributed by atoms with van der Waals surface area (Å²) in [6.45, 7) is 3.00. The second kappa shape index (κ2) is 8.55. The van der Waals surface area contributed by atoms with Gasteiger partial charge in [0.15, 0.2) is 28.1 Å². The van der Waals surface area contributed by atoms with Gasteiger partial charge in [0.1, 0.15) is 18.9 Å². The fourth-order valence-electron chi connectivity index (χ4n) is 3.52. The molecule has 2 aromatic rings. The molecule has 0 radical (unpaired) electrons. The Morgan fingerprint density at radius 2 is 2.27 bits per heavy atom. The second-order valence-corrected chi connectivity index (χ2v) is 9.23. The van der Waals surface area contributed by atoms with Crippen LogP contribution < -0.4 is 10.8 Å². The van der Waals surface area contributed by atoms with Crippen molar-refractivity contribution < 1.29 is 32.9 Å².